The van der Waals surface area contributed by atoms with Crippen molar-refractivity contribution in [3.8, 4) is 0 Å². The molecule has 1 aromatic carbocycles. The zero-order valence-corrected chi connectivity index (χ0v) is 16.2. The average molecular weight is 347 g/mol. The summed E-state index contributed by atoms with van der Waals surface area (Å²) in [7, 11) is 1.72. The molecule has 1 aromatic rings. The summed E-state index contributed by atoms with van der Waals surface area (Å²) in [4.78, 5) is 7.43. The molecular formula is C20H34N4O. The largest absolute Gasteiger partial charge is 0.383 e. The number of ether oxygens (including phenoxy) is 1. The van der Waals surface area contributed by atoms with Gasteiger partial charge in [-0.1, -0.05) is 38.1 Å². The minimum Gasteiger partial charge on any atom is -0.383 e. The number of nitrogens with zero attached hydrogens (tertiary/aromatic N) is 2. The van der Waals surface area contributed by atoms with E-state index >= 15 is 0 Å². The van der Waals surface area contributed by atoms with Crippen molar-refractivity contribution in [2.24, 2.45) is 10.9 Å². The summed E-state index contributed by atoms with van der Waals surface area (Å²) in [6.45, 7) is 12.0. The van der Waals surface area contributed by atoms with E-state index in [0.717, 1.165) is 45.1 Å². The number of rotatable bonds is 8. The molecule has 0 bridgehead atoms. The molecule has 0 fully saturated rings. The van der Waals surface area contributed by atoms with Crippen molar-refractivity contribution in [1.29, 1.82) is 0 Å². The smallest absolute Gasteiger partial charge is 0.191 e. The first kappa shape index (κ1) is 19.7. The zero-order valence-electron chi connectivity index (χ0n) is 16.2. The fourth-order valence-corrected chi connectivity index (χ4v) is 3.35. The first-order valence-corrected chi connectivity index (χ1v) is 9.47. The first-order chi connectivity index (χ1) is 12.2. The van der Waals surface area contributed by atoms with Crippen LogP contribution in [0.4, 0.5) is 0 Å². The highest BCUT2D eigenvalue weighted by molar-refractivity contribution is 5.79. The van der Waals surface area contributed by atoms with Gasteiger partial charge in [0.15, 0.2) is 5.96 Å². The Balaban J connectivity index is 2.01. The maximum atomic E-state index is 5.11. The van der Waals surface area contributed by atoms with Crippen LogP contribution in [-0.2, 0) is 17.7 Å². The van der Waals surface area contributed by atoms with Gasteiger partial charge in [-0.3, -0.25) is 9.89 Å². The number of guanidine groups is 1. The summed E-state index contributed by atoms with van der Waals surface area (Å²) >= 11 is 0. The molecule has 1 aliphatic heterocycles. The van der Waals surface area contributed by atoms with Crippen LogP contribution in [-0.4, -0.2) is 56.8 Å². The van der Waals surface area contributed by atoms with Gasteiger partial charge < -0.3 is 15.4 Å². The third kappa shape index (κ3) is 6.01. The predicted molar refractivity (Wildman–Crippen MR) is 105 cm³/mol. The van der Waals surface area contributed by atoms with E-state index in [-0.39, 0.29) is 0 Å². The van der Waals surface area contributed by atoms with Crippen molar-refractivity contribution in [2.75, 3.05) is 39.9 Å². The lowest BCUT2D eigenvalue weighted by Gasteiger charge is -2.37. The molecule has 0 aromatic heterocycles. The maximum absolute atomic E-state index is 5.11. The fraction of sp³-hybridized carbons (Fsp3) is 0.650. The Kier molecular flexibility index (Phi) is 8.22. The van der Waals surface area contributed by atoms with Gasteiger partial charge in [-0.25, -0.2) is 0 Å². The second-order valence-corrected chi connectivity index (χ2v) is 6.94. The van der Waals surface area contributed by atoms with E-state index in [1.54, 1.807) is 7.11 Å². The molecule has 2 N–H and O–H groups in total. The number of nitrogens with one attached hydrogen (secondary N) is 2. The van der Waals surface area contributed by atoms with Crippen LogP contribution in [0.3, 0.4) is 0 Å². The number of hydrogen-bond donors (Lipinski definition) is 2. The van der Waals surface area contributed by atoms with Gasteiger partial charge in [0.25, 0.3) is 0 Å². The second-order valence-electron chi connectivity index (χ2n) is 6.94. The van der Waals surface area contributed by atoms with Gasteiger partial charge >= 0.3 is 0 Å². The molecule has 140 valence electrons. The Morgan fingerprint density at radius 1 is 1.24 bits per heavy atom. The van der Waals surface area contributed by atoms with Crippen molar-refractivity contribution in [1.82, 2.24) is 15.5 Å². The number of methoxy groups -OCH3 is 1. The van der Waals surface area contributed by atoms with Crippen LogP contribution in [0.2, 0.25) is 0 Å². The number of hydrogen-bond acceptors (Lipinski definition) is 3. The molecule has 0 aliphatic carbocycles. The van der Waals surface area contributed by atoms with Gasteiger partial charge in [0.05, 0.1) is 13.2 Å². The number of aliphatic imine (C=N–C) groups is 1. The molecule has 5 nitrogen and oxygen atoms in total. The number of fused-ring (bicyclic) bond motifs is 1. The van der Waals surface area contributed by atoms with Crippen LogP contribution in [0.5, 0.6) is 0 Å². The zero-order chi connectivity index (χ0) is 18.1. The summed E-state index contributed by atoms with van der Waals surface area (Å²) in [5, 5.41) is 6.65. The number of benzene rings is 1. The van der Waals surface area contributed by atoms with E-state index in [2.05, 4.69) is 60.6 Å². The van der Waals surface area contributed by atoms with E-state index in [1.807, 2.05) is 0 Å². The van der Waals surface area contributed by atoms with Gasteiger partial charge in [-0.15, -0.1) is 0 Å². The van der Waals surface area contributed by atoms with Crippen molar-refractivity contribution < 1.29 is 4.74 Å². The molecule has 0 spiro atoms. The first-order valence-electron chi connectivity index (χ1n) is 9.47. The maximum Gasteiger partial charge on any atom is 0.191 e. The Bertz CT molecular complexity index is 544. The highest BCUT2D eigenvalue weighted by Crippen LogP contribution is 2.23. The molecule has 1 aliphatic rings. The lowest BCUT2D eigenvalue weighted by molar-refractivity contribution is 0.144. The van der Waals surface area contributed by atoms with Gasteiger partial charge in [0.2, 0.25) is 0 Å². The Hall–Kier alpha value is -1.59. The highest BCUT2D eigenvalue weighted by Gasteiger charge is 2.25. The van der Waals surface area contributed by atoms with Crippen molar-refractivity contribution in [3.05, 3.63) is 35.4 Å². The van der Waals surface area contributed by atoms with Gasteiger partial charge in [0.1, 0.15) is 0 Å². The van der Waals surface area contributed by atoms with E-state index < -0.39 is 0 Å². The highest BCUT2D eigenvalue weighted by atomic mass is 16.5. The summed E-state index contributed by atoms with van der Waals surface area (Å²) in [5.74, 6) is 1.44. The molecule has 0 radical (unpaired) electrons. The quantitative estimate of drug-likeness (QED) is 0.431. The molecule has 5 heteroatoms. The molecule has 0 saturated heterocycles. The standard InChI is InChI=1S/C20H34N4O/c1-5-21-20(22-11-13-25-4)23-14-19(16(2)3)24-12-10-17-8-6-7-9-18(17)15-24/h6-9,16,19H,5,10-15H2,1-4H3,(H2,21,22,23). The van der Waals surface area contributed by atoms with E-state index in [0.29, 0.717) is 18.6 Å². The van der Waals surface area contributed by atoms with E-state index in [4.69, 9.17) is 9.73 Å². The minimum absolute atomic E-state index is 0.450. The summed E-state index contributed by atoms with van der Waals surface area (Å²) in [6.07, 6.45) is 1.13. The lowest BCUT2D eigenvalue weighted by Crippen LogP contribution is -2.45. The molecular weight excluding hydrogens is 312 g/mol. The van der Waals surface area contributed by atoms with Crippen LogP contribution in [0.15, 0.2) is 29.3 Å². The topological polar surface area (TPSA) is 48.9 Å². The molecule has 1 heterocycles. The Labute approximate surface area is 152 Å². The van der Waals surface area contributed by atoms with Crippen LogP contribution in [0.25, 0.3) is 0 Å². The van der Waals surface area contributed by atoms with Crippen LogP contribution in [0.1, 0.15) is 31.9 Å². The van der Waals surface area contributed by atoms with E-state index in [9.17, 15) is 0 Å². The van der Waals surface area contributed by atoms with E-state index in [1.165, 1.54) is 11.1 Å². The average Bonchev–Trinajstić information content (AvgIpc) is 2.61. The molecule has 0 amide bonds. The predicted octanol–water partition coefficient (Wildman–Crippen LogP) is 2.27. The SMILES string of the molecule is CCNC(=NCC(C(C)C)N1CCc2ccccc2C1)NCCOC. The molecule has 1 atom stereocenters. The summed E-state index contributed by atoms with van der Waals surface area (Å²) < 4.78 is 5.11. The van der Waals surface area contributed by atoms with Gasteiger partial charge in [0, 0.05) is 39.3 Å². The monoisotopic (exact) mass is 346 g/mol. The van der Waals surface area contributed by atoms with Gasteiger partial charge in [-0.2, -0.15) is 0 Å². The molecule has 0 saturated carbocycles. The normalized spacial score (nSPS) is 16.6. The minimum atomic E-state index is 0.450. The Morgan fingerprint density at radius 3 is 2.68 bits per heavy atom. The summed E-state index contributed by atoms with van der Waals surface area (Å²) in [6, 6.07) is 9.27. The molecule has 2 rings (SSSR count). The third-order valence-electron chi connectivity index (χ3n) is 4.78. The van der Waals surface area contributed by atoms with Crippen LogP contribution < -0.4 is 10.6 Å². The van der Waals surface area contributed by atoms with Crippen molar-refractivity contribution in [2.45, 2.75) is 39.8 Å². The second kappa shape index (κ2) is 10.4. The fourth-order valence-electron chi connectivity index (χ4n) is 3.35. The van der Waals surface area contributed by atoms with Crippen LogP contribution >= 0.6 is 0 Å². The van der Waals surface area contributed by atoms with Crippen molar-refractivity contribution >= 4 is 5.96 Å². The third-order valence-corrected chi connectivity index (χ3v) is 4.78. The molecule has 1 unspecified atom stereocenters. The van der Waals surface area contributed by atoms with Crippen molar-refractivity contribution in [3.63, 3.8) is 0 Å². The Morgan fingerprint density at radius 2 is 2.00 bits per heavy atom. The summed E-state index contributed by atoms with van der Waals surface area (Å²) in [5.41, 5.74) is 2.97. The lowest BCUT2D eigenvalue weighted by atomic mass is 9.95. The van der Waals surface area contributed by atoms with Crippen LogP contribution in [0, 0.1) is 5.92 Å². The molecule has 25 heavy (non-hydrogen) atoms. The van der Waals surface area contributed by atoms with Gasteiger partial charge in [-0.05, 0) is 30.4 Å².